The summed E-state index contributed by atoms with van der Waals surface area (Å²) >= 11 is 0. The molecule has 7 nitrogen and oxygen atoms in total. The number of hydrogen-bond acceptors (Lipinski definition) is 6. The van der Waals surface area contributed by atoms with E-state index in [2.05, 4.69) is 26.9 Å². The number of amides is 2. The fourth-order valence-electron chi connectivity index (χ4n) is 5.00. The van der Waals surface area contributed by atoms with Gasteiger partial charge >= 0.3 is 0 Å². The minimum Gasteiger partial charge on any atom is -0.354 e. The normalized spacial score (nSPS) is 32.6. The van der Waals surface area contributed by atoms with Crippen LogP contribution < -0.4 is 4.90 Å². The Hall–Kier alpha value is -2.25. The van der Waals surface area contributed by atoms with E-state index in [0.717, 1.165) is 43.5 Å². The second-order valence-electron chi connectivity index (χ2n) is 7.82. The molecule has 2 aliphatic carbocycles. The number of rotatable bonds is 5. The molecule has 2 saturated heterocycles. The molecule has 27 heavy (non-hydrogen) atoms. The first-order valence-corrected chi connectivity index (χ1v) is 9.80. The molecule has 1 aromatic heterocycles. The lowest BCUT2D eigenvalue weighted by atomic mass is 9.85. The van der Waals surface area contributed by atoms with Crippen LogP contribution in [0.15, 0.2) is 36.5 Å². The summed E-state index contributed by atoms with van der Waals surface area (Å²) in [5.41, 5.74) is 0. The number of aromatic nitrogens is 1. The van der Waals surface area contributed by atoms with E-state index in [-0.39, 0.29) is 35.5 Å². The molecule has 1 saturated carbocycles. The van der Waals surface area contributed by atoms with Crippen molar-refractivity contribution in [2.24, 2.45) is 23.7 Å². The Morgan fingerprint density at radius 1 is 1.00 bits per heavy atom. The van der Waals surface area contributed by atoms with Gasteiger partial charge < -0.3 is 4.90 Å². The summed E-state index contributed by atoms with van der Waals surface area (Å²) in [6.07, 6.45) is 6.96. The van der Waals surface area contributed by atoms with Gasteiger partial charge in [0.1, 0.15) is 5.82 Å². The van der Waals surface area contributed by atoms with Crippen molar-refractivity contribution in [1.82, 2.24) is 14.9 Å². The number of pyridine rings is 1. The van der Waals surface area contributed by atoms with Crippen molar-refractivity contribution < 1.29 is 14.4 Å². The Balaban J connectivity index is 1.10. The number of allylic oxidation sites excluding steroid dienone is 2. The molecule has 2 unspecified atom stereocenters. The van der Waals surface area contributed by atoms with E-state index >= 15 is 0 Å². The number of carbonyl (C=O) groups is 2. The van der Waals surface area contributed by atoms with Gasteiger partial charge in [-0.1, -0.05) is 18.2 Å². The van der Waals surface area contributed by atoms with Gasteiger partial charge in [-0.3, -0.25) is 19.3 Å². The molecule has 2 bridgehead atoms. The van der Waals surface area contributed by atoms with Crippen molar-refractivity contribution in [3.05, 3.63) is 36.5 Å². The summed E-state index contributed by atoms with van der Waals surface area (Å²) in [4.78, 5) is 39.8. The highest BCUT2D eigenvalue weighted by atomic mass is 16.7. The van der Waals surface area contributed by atoms with Gasteiger partial charge in [-0.05, 0) is 30.4 Å². The van der Waals surface area contributed by atoms with Crippen LogP contribution in [0.4, 0.5) is 5.82 Å². The number of hydroxylamine groups is 2. The van der Waals surface area contributed by atoms with Crippen molar-refractivity contribution in [3.8, 4) is 0 Å². The molecule has 0 spiro atoms. The van der Waals surface area contributed by atoms with E-state index in [4.69, 9.17) is 4.84 Å². The van der Waals surface area contributed by atoms with E-state index in [1.807, 2.05) is 24.4 Å². The lowest BCUT2D eigenvalue weighted by molar-refractivity contribution is -0.191. The molecule has 0 radical (unpaired) electrons. The third kappa shape index (κ3) is 2.85. The summed E-state index contributed by atoms with van der Waals surface area (Å²) in [5, 5.41) is 1.06. The molecular formula is C20H24N4O3. The van der Waals surface area contributed by atoms with Crippen molar-refractivity contribution in [2.45, 2.75) is 6.42 Å². The van der Waals surface area contributed by atoms with E-state index in [0.29, 0.717) is 13.2 Å². The van der Waals surface area contributed by atoms with E-state index in [1.54, 1.807) is 0 Å². The molecular weight excluding hydrogens is 344 g/mol. The van der Waals surface area contributed by atoms with Gasteiger partial charge in [0.15, 0.2) is 0 Å². The minimum atomic E-state index is -0.186. The zero-order valence-electron chi connectivity index (χ0n) is 15.2. The van der Waals surface area contributed by atoms with Gasteiger partial charge in [0.25, 0.3) is 11.8 Å². The SMILES string of the molecule is O=C1C2C(C(=O)N1OCCN1CCN(c3ccccn3)CC1)[C@H]1C=C[C@@H]2C1. The number of anilines is 1. The summed E-state index contributed by atoms with van der Waals surface area (Å²) < 4.78 is 0. The Bertz CT molecular complexity index is 730. The molecule has 5 rings (SSSR count). The van der Waals surface area contributed by atoms with Gasteiger partial charge in [0.05, 0.1) is 18.4 Å². The molecule has 2 aliphatic heterocycles. The highest BCUT2D eigenvalue weighted by molar-refractivity contribution is 6.05. The summed E-state index contributed by atoms with van der Waals surface area (Å²) in [5.74, 6) is 0.818. The molecule has 3 heterocycles. The Morgan fingerprint density at radius 3 is 2.33 bits per heavy atom. The van der Waals surface area contributed by atoms with E-state index in [9.17, 15) is 9.59 Å². The van der Waals surface area contributed by atoms with Crippen molar-refractivity contribution in [1.29, 1.82) is 0 Å². The molecule has 4 atom stereocenters. The zero-order chi connectivity index (χ0) is 18.4. The van der Waals surface area contributed by atoms with Crippen LogP contribution in [-0.4, -0.2) is 66.1 Å². The molecule has 3 fully saturated rings. The first kappa shape index (κ1) is 16.9. The number of nitrogens with zero attached hydrogens (tertiary/aromatic N) is 4. The number of piperazine rings is 1. The maximum atomic E-state index is 12.6. The molecule has 4 aliphatic rings. The first-order valence-electron chi connectivity index (χ1n) is 9.80. The highest BCUT2D eigenvalue weighted by Gasteiger charge is 2.60. The van der Waals surface area contributed by atoms with E-state index < -0.39 is 0 Å². The van der Waals surface area contributed by atoms with Crippen LogP contribution in [0.5, 0.6) is 0 Å². The average molecular weight is 368 g/mol. The lowest BCUT2D eigenvalue weighted by Crippen LogP contribution is -2.48. The van der Waals surface area contributed by atoms with Gasteiger partial charge in [0.2, 0.25) is 0 Å². The first-order chi connectivity index (χ1) is 13.2. The van der Waals surface area contributed by atoms with Crippen molar-refractivity contribution in [2.75, 3.05) is 44.2 Å². The van der Waals surface area contributed by atoms with Gasteiger partial charge in [0, 0.05) is 38.9 Å². The molecule has 7 heteroatoms. The van der Waals surface area contributed by atoms with Gasteiger partial charge in [-0.15, -0.1) is 0 Å². The Kier molecular flexibility index (Phi) is 4.21. The summed E-state index contributed by atoms with van der Waals surface area (Å²) in [6.45, 7) is 4.74. The van der Waals surface area contributed by atoms with Crippen LogP contribution in [0.1, 0.15) is 6.42 Å². The molecule has 0 aromatic carbocycles. The molecule has 2 amide bonds. The van der Waals surface area contributed by atoms with Crippen LogP contribution in [-0.2, 0) is 14.4 Å². The predicted octanol–water partition coefficient (Wildman–Crippen LogP) is 0.942. The smallest absolute Gasteiger partial charge is 0.258 e. The number of hydrogen-bond donors (Lipinski definition) is 0. The summed E-state index contributed by atoms with van der Waals surface area (Å²) in [7, 11) is 0. The lowest BCUT2D eigenvalue weighted by Gasteiger charge is -2.35. The number of imide groups is 1. The quantitative estimate of drug-likeness (QED) is 0.569. The fraction of sp³-hybridized carbons (Fsp3) is 0.550. The second-order valence-corrected chi connectivity index (χ2v) is 7.82. The van der Waals surface area contributed by atoms with Gasteiger partial charge in [-0.25, -0.2) is 4.98 Å². The number of fused-ring (bicyclic) bond motifs is 5. The van der Waals surface area contributed by atoms with Crippen molar-refractivity contribution in [3.63, 3.8) is 0 Å². The van der Waals surface area contributed by atoms with E-state index in [1.165, 1.54) is 0 Å². The minimum absolute atomic E-state index is 0.137. The monoisotopic (exact) mass is 368 g/mol. The average Bonchev–Trinajstić information content (AvgIpc) is 3.39. The Labute approximate surface area is 158 Å². The van der Waals surface area contributed by atoms with Crippen LogP contribution >= 0.6 is 0 Å². The molecule has 0 N–H and O–H groups in total. The summed E-state index contributed by atoms with van der Waals surface area (Å²) in [6, 6.07) is 5.96. The highest BCUT2D eigenvalue weighted by Crippen LogP contribution is 2.52. The van der Waals surface area contributed by atoms with Crippen LogP contribution in [0.3, 0.4) is 0 Å². The van der Waals surface area contributed by atoms with Crippen LogP contribution in [0.25, 0.3) is 0 Å². The maximum Gasteiger partial charge on any atom is 0.258 e. The largest absolute Gasteiger partial charge is 0.354 e. The molecule has 1 aromatic rings. The standard InChI is InChI=1S/C20H24N4O3/c25-19-17-14-4-5-15(13-14)18(17)20(26)24(19)27-12-11-22-7-9-23(10-8-22)16-3-1-2-6-21-16/h1-6,14-15,17-18H,7-13H2/t14-,15+,17?,18?. The maximum absolute atomic E-state index is 12.6. The fourth-order valence-corrected chi connectivity index (χ4v) is 5.00. The topological polar surface area (TPSA) is 66.0 Å². The zero-order valence-corrected chi connectivity index (χ0v) is 15.2. The second kappa shape index (κ2) is 6.73. The predicted molar refractivity (Wildman–Crippen MR) is 98.4 cm³/mol. The third-order valence-electron chi connectivity index (χ3n) is 6.40. The number of carbonyl (C=O) groups excluding carboxylic acids is 2. The Morgan fingerprint density at radius 2 is 1.70 bits per heavy atom. The third-order valence-corrected chi connectivity index (χ3v) is 6.40. The van der Waals surface area contributed by atoms with Crippen LogP contribution in [0, 0.1) is 23.7 Å². The van der Waals surface area contributed by atoms with Crippen LogP contribution in [0.2, 0.25) is 0 Å². The van der Waals surface area contributed by atoms with Gasteiger partial charge in [-0.2, -0.15) is 5.06 Å². The van der Waals surface area contributed by atoms with Crippen molar-refractivity contribution >= 4 is 17.6 Å². The molecule has 142 valence electrons.